The second kappa shape index (κ2) is 10.9. The van der Waals surface area contributed by atoms with Crippen LogP contribution in [0.15, 0.2) is 29.3 Å². The zero-order chi connectivity index (χ0) is 25.2. The fraction of sp³-hybridized carbons (Fsp3) is 0.583. The highest BCUT2D eigenvalue weighted by atomic mass is 32.2. The number of piperazine rings is 1. The molecule has 2 aliphatic rings. The lowest BCUT2D eigenvalue weighted by atomic mass is 9.99. The number of anilines is 2. The second-order valence-electron chi connectivity index (χ2n) is 9.20. The number of rotatable bonds is 6. The fourth-order valence-electron chi connectivity index (χ4n) is 4.61. The lowest BCUT2D eigenvalue weighted by Crippen LogP contribution is -2.56. The van der Waals surface area contributed by atoms with Crippen molar-refractivity contribution in [3.63, 3.8) is 0 Å². The summed E-state index contributed by atoms with van der Waals surface area (Å²) in [5, 5.41) is 0. The monoisotopic (exact) mass is 513 g/mol. The number of nitrogens with zero attached hydrogens (tertiary/aromatic N) is 5. The van der Waals surface area contributed by atoms with E-state index < -0.39 is 11.9 Å². The maximum Gasteiger partial charge on any atom is 0.433 e. The number of aromatic nitrogens is 2. The predicted octanol–water partition coefficient (Wildman–Crippen LogP) is 4.54. The molecule has 0 bridgehead atoms. The molecule has 1 atom stereocenters. The molecule has 35 heavy (non-hydrogen) atoms. The molecule has 0 saturated carbocycles. The Bertz CT molecular complexity index is 1020. The minimum absolute atomic E-state index is 0.0822. The Hall–Kier alpha value is -2.11. The van der Waals surface area contributed by atoms with Gasteiger partial charge in [0.25, 0.3) is 0 Å². The normalized spacial score (nSPS) is 20.1. The van der Waals surface area contributed by atoms with Crippen molar-refractivity contribution in [3.8, 4) is 0 Å². The van der Waals surface area contributed by atoms with E-state index in [1.54, 1.807) is 6.07 Å². The van der Waals surface area contributed by atoms with Crippen LogP contribution in [-0.2, 0) is 17.5 Å². The molecule has 6 nitrogen and oxygen atoms in total. The summed E-state index contributed by atoms with van der Waals surface area (Å²) in [6.45, 7) is 8.01. The number of benzene rings is 1. The third-order valence-electron chi connectivity index (χ3n) is 6.56. The number of morpholine rings is 1. The van der Waals surface area contributed by atoms with E-state index in [9.17, 15) is 17.6 Å². The standard InChI is InChI=1S/C24H31F4N5OS/c1-16(2)20-15-32(18-4-5-19(25)21(12-18)35-3)6-7-33(20)23-29-13-17(22(30-23)24(26,27)28)14-31-8-10-34-11-9-31/h4-5,12-13,16,20H,6-11,14-15H2,1-3H3. The Kier molecular flexibility index (Phi) is 8.07. The van der Waals surface area contributed by atoms with Crippen LogP contribution in [0.4, 0.5) is 29.2 Å². The molecule has 192 valence electrons. The third kappa shape index (κ3) is 6.00. The summed E-state index contributed by atoms with van der Waals surface area (Å²) in [5.74, 6) is -0.0138. The molecule has 1 aromatic heterocycles. The van der Waals surface area contributed by atoms with Crippen molar-refractivity contribution < 1.29 is 22.3 Å². The molecular weight excluding hydrogens is 482 g/mol. The van der Waals surface area contributed by atoms with Gasteiger partial charge in [0, 0.05) is 61.6 Å². The molecule has 0 aliphatic carbocycles. The summed E-state index contributed by atoms with van der Waals surface area (Å²) in [7, 11) is 0. The lowest BCUT2D eigenvalue weighted by molar-refractivity contribution is -0.142. The van der Waals surface area contributed by atoms with Crippen molar-refractivity contribution in [3.05, 3.63) is 41.5 Å². The molecule has 11 heteroatoms. The predicted molar refractivity (Wildman–Crippen MR) is 129 cm³/mol. The van der Waals surface area contributed by atoms with Crippen LogP contribution in [0.3, 0.4) is 0 Å². The van der Waals surface area contributed by atoms with Gasteiger partial charge in [-0.3, -0.25) is 4.90 Å². The topological polar surface area (TPSA) is 44.7 Å². The number of alkyl halides is 3. The fourth-order valence-corrected chi connectivity index (χ4v) is 5.11. The summed E-state index contributed by atoms with van der Waals surface area (Å²) in [6, 6.07) is 4.94. The highest BCUT2D eigenvalue weighted by Crippen LogP contribution is 2.34. The van der Waals surface area contributed by atoms with E-state index in [1.807, 2.05) is 36.0 Å². The van der Waals surface area contributed by atoms with Crippen molar-refractivity contribution >= 4 is 23.4 Å². The van der Waals surface area contributed by atoms with Crippen molar-refractivity contribution in [2.45, 2.75) is 37.5 Å². The molecule has 2 aliphatic heterocycles. The van der Waals surface area contributed by atoms with Crippen LogP contribution in [0.5, 0.6) is 0 Å². The van der Waals surface area contributed by atoms with Gasteiger partial charge in [-0.15, -0.1) is 11.8 Å². The molecule has 3 heterocycles. The quantitative estimate of drug-likeness (QED) is 0.415. The van der Waals surface area contributed by atoms with E-state index in [1.165, 1.54) is 24.0 Å². The smallest absolute Gasteiger partial charge is 0.379 e. The van der Waals surface area contributed by atoms with Crippen molar-refractivity contribution in [2.24, 2.45) is 5.92 Å². The van der Waals surface area contributed by atoms with Gasteiger partial charge in [-0.25, -0.2) is 14.4 Å². The average Bonchev–Trinajstić information content (AvgIpc) is 2.84. The first-order valence-corrected chi connectivity index (χ1v) is 13.0. The number of hydrogen-bond donors (Lipinski definition) is 0. The zero-order valence-corrected chi connectivity index (χ0v) is 21.0. The molecule has 2 saturated heterocycles. The molecule has 2 fully saturated rings. The lowest BCUT2D eigenvalue weighted by Gasteiger charge is -2.44. The Balaban J connectivity index is 1.58. The van der Waals surface area contributed by atoms with Crippen LogP contribution in [0.25, 0.3) is 0 Å². The SMILES string of the molecule is CSc1cc(N2CCN(c3ncc(CN4CCOCC4)c(C(F)(F)F)n3)C(C(C)C)C2)ccc1F. The second-order valence-corrected chi connectivity index (χ2v) is 10.0. The van der Waals surface area contributed by atoms with Crippen LogP contribution in [0.1, 0.15) is 25.1 Å². The molecule has 1 aromatic carbocycles. The van der Waals surface area contributed by atoms with Crippen molar-refractivity contribution in [1.29, 1.82) is 0 Å². The van der Waals surface area contributed by atoms with E-state index in [4.69, 9.17) is 4.74 Å². The van der Waals surface area contributed by atoms with Gasteiger partial charge in [-0.2, -0.15) is 13.2 Å². The molecule has 0 spiro atoms. The number of ether oxygens (including phenoxy) is 1. The van der Waals surface area contributed by atoms with E-state index in [2.05, 4.69) is 14.9 Å². The average molecular weight is 514 g/mol. The molecule has 0 N–H and O–H groups in total. The van der Waals surface area contributed by atoms with Gasteiger partial charge in [-0.05, 0) is 30.4 Å². The van der Waals surface area contributed by atoms with Crippen molar-refractivity contribution in [2.75, 3.05) is 62.0 Å². The maximum atomic E-state index is 14.0. The van der Waals surface area contributed by atoms with E-state index in [0.29, 0.717) is 50.8 Å². The Labute approximate surface area is 207 Å². The highest BCUT2D eigenvalue weighted by molar-refractivity contribution is 7.98. The minimum Gasteiger partial charge on any atom is -0.379 e. The van der Waals surface area contributed by atoms with Crippen LogP contribution >= 0.6 is 11.8 Å². The highest BCUT2D eigenvalue weighted by Gasteiger charge is 2.38. The van der Waals surface area contributed by atoms with Gasteiger partial charge in [0.2, 0.25) is 5.95 Å². The molecular formula is C24H31F4N5OS. The minimum atomic E-state index is -4.57. The summed E-state index contributed by atoms with van der Waals surface area (Å²) >= 11 is 1.35. The number of hydrogen-bond acceptors (Lipinski definition) is 7. The first kappa shape index (κ1) is 26.0. The van der Waals surface area contributed by atoms with Gasteiger partial charge in [0.15, 0.2) is 5.69 Å². The van der Waals surface area contributed by atoms with Gasteiger partial charge in [0.05, 0.1) is 19.3 Å². The summed E-state index contributed by atoms with van der Waals surface area (Å²) in [6.07, 6.45) is -1.42. The van der Waals surface area contributed by atoms with Crippen molar-refractivity contribution in [1.82, 2.24) is 14.9 Å². The van der Waals surface area contributed by atoms with Gasteiger partial charge >= 0.3 is 6.18 Å². The maximum absolute atomic E-state index is 14.0. The van der Waals surface area contributed by atoms with E-state index in [-0.39, 0.29) is 35.8 Å². The van der Waals surface area contributed by atoms with Crippen LogP contribution in [0.2, 0.25) is 0 Å². The molecule has 0 radical (unpaired) electrons. The Morgan fingerprint density at radius 3 is 2.54 bits per heavy atom. The molecule has 2 aromatic rings. The third-order valence-corrected chi connectivity index (χ3v) is 7.32. The number of halogens is 4. The molecule has 1 unspecified atom stereocenters. The van der Waals surface area contributed by atoms with Crippen LogP contribution in [0, 0.1) is 11.7 Å². The van der Waals surface area contributed by atoms with Crippen LogP contribution < -0.4 is 9.80 Å². The first-order valence-electron chi connectivity index (χ1n) is 11.8. The zero-order valence-electron chi connectivity index (χ0n) is 20.2. The van der Waals surface area contributed by atoms with Gasteiger partial charge < -0.3 is 14.5 Å². The van der Waals surface area contributed by atoms with Gasteiger partial charge in [-0.1, -0.05) is 13.8 Å². The summed E-state index contributed by atoms with van der Waals surface area (Å²) in [5.41, 5.74) is 0.111. The van der Waals surface area contributed by atoms with Crippen LogP contribution in [-0.4, -0.2) is 73.1 Å². The Morgan fingerprint density at radius 2 is 1.89 bits per heavy atom. The van der Waals surface area contributed by atoms with Gasteiger partial charge in [0.1, 0.15) is 5.82 Å². The first-order chi connectivity index (χ1) is 16.7. The van der Waals surface area contributed by atoms with E-state index >= 15 is 0 Å². The largest absolute Gasteiger partial charge is 0.433 e. The Morgan fingerprint density at radius 1 is 1.14 bits per heavy atom. The van der Waals surface area contributed by atoms with E-state index in [0.717, 1.165) is 5.69 Å². The molecule has 4 rings (SSSR count). The summed E-state index contributed by atoms with van der Waals surface area (Å²) < 4.78 is 61.3. The molecule has 0 amide bonds. The number of thioether (sulfide) groups is 1. The summed E-state index contributed by atoms with van der Waals surface area (Å²) in [4.78, 5) is 15.0.